The summed E-state index contributed by atoms with van der Waals surface area (Å²) in [5, 5.41) is 4.82. The molecule has 2 N–H and O–H groups in total. The van der Waals surface area contributed by atoms with Gasteiger partial charge in [0, 0.05) is 47.7 Å². The molecule has 3 heterocycles. The number of carbonyl (C=O) groups is 4. The van der Waals surface area contributed by atoms with Gasteiger partial charge in [-0.05, 0) is 25.1 Å². The number of H-pyrrole nitrogens is 1. The van der Waals surface area contributed by atoms with Crippen molar-refractivity contribution in [3.63, 3.8) is 0 Å². The Balaban J connectivity index is 1.43. The highest BCUT2D eigenvalue weighted by atomic mass is 32.1. The average molecular weight is 460 g/mol. The monoisotopic (exact) mass is 459 g/mol. The van der Waals surface area contributed by atoms with Crippen LogP contribution in [-0.2, 0) is 14.3 Å². The number of aromatic amines is 1. The van der Waals surface area contributed by atoms with Gasteiger partial charge in [-0.3, -0.25) is 14.4 Å². The molecule has 0 spiro atoms. The lowest BCUT2D eigenvalue weighted by molar-refractivity contribution is -0.122. The number of hydrogen-bond donors (Lipinski definition) is 2. The molecular formula is C21H21N3O5S2. The first kappa shape index (κ1) is 22.6. The van der Waals surface area contributed by atoms with E-state index in [1.54, 1.807) is 23.7 Å². The molecular weight excluding hydrogens is 438 g/mol. The SMILES string of the molecule is COC(=O)c1cc(-c2csc(NC(=O)CCC(=O)CCC(=O)c3ccc(C)s3)n2)c[nH]1. The van der Waals surface area contributed by atoms with Crippen molar-refractivity contribution in [2.24, 2.45) is 0 Å². The fourth-order valence-electron chi connectivity index (χ4n) is 2.75. The molecule has 0 unspecified atom stereocenters. The van der Waals surface area contributed by atoms with E-state index in [4.69, 9.17) is 0 Å². The average Bonchev–Trinajstić information content (AvgIpc) is 3.50. The summed E-state index contributed by atoms with van der Waals surface area (Å²) in [6.45, 7) is 1.93. The summed E-state index contributed by atoms with van der Waals surface area (Å²) in [6.07, 6.45) is 2.00. The third-order valence-corrected chi connectivity index (χ3v) is 6.21. The largest absolute Gasteiger partial charge is 0.464 e. The van der Waals surface area contributed by atoms with E-state index in [1.807, 2.05) is 13.0 Å². The van der Waals surface area contributed by atoms with Crippen LogP contribution in [0.25, 0.3) is 11.3 Å². The highest BCUT2D eigenvalue weighted by Gasteiger charge is 2.15. The molecule has 0 saturated carbocycles. The summed E-state index contributed by atoms with van der Waals surface area (Å²) in [5.41, 5.74) is 1.60. The number of anilines is 1. The number of ketones is 2. The van der Waals surface area contributed by atoms with Crippen LogP contribution in [0.3, 0.4) is 0 Å². The minimum Gasteiger partial charge on any atom is -0.464 e. The van der Waals surface area contributed by atoms with Crippen molar-refractivity contribution >= 4 is 51.2 Å². The van der Waals surface area contributed by atoms with Crippen LogP contribution < -0.4 is 5.32 Å². The van der Waals surface area contributed by atoms with Gasteiger partial charge in [0.2, 0.25) is 5.91 Å². The number of nitrogens with zero attached hydrogens (tertiary/aromatic N) is 1. The minimum atomic E-state index is -0.480. The summed E-state index contributed by atoms with van der Waals surface area (Å²) in [4.78, 5) is 56.6. The predicted octanol–water partition coefficient (Wildman–Crippen LogP) is 4.25. The summed E-state index contributed by atoms with van der Waals surface area (Å²) in [6, 6.07) is 5.26. The fraction of sp³-hybridized carbons (Fsp3) is 0.286. The lowest BCUT2D eigenvalue weighted by Gasteiger charge is -2.02. The smallest absolute Gasteiger partial charge is 0.354 e. The quantitative estimate of drug-likeness (QED) is 0.346. The van der Waals surface area contributed by atoms with Gasteiger partial charge in [0.05, 0.1) is 17.7 Å². The number of aromatic nitrogens is 2. The highest BCUT2D eigenvalue weighted by Crippen LogP contribution is 2.26. The molecule has 0 aromatic carbocycles. The topological polar surface area (TPSA) is 118 Å². The van der Waals surface area contributed by atoms with Gasteiger partial charge in [-0.2, -0.15) is 0 Å². The zero-order valence-corrected chi connectivity index (χ0v) is 18.7. The Hall–Kier alpha value is -3.11. The molecule has 1 amide bonds. The third kappa shape index (κ3) is 6.19. The summed E-state index contributed by atoms with van der Waals surface area (Å²) < 4.78 is 4.65. The van der Waals surface area contributed by atoms with E-state index in [1.165, 1.54) is 29.8 Å². The van der Waals surface area contributed by atoms with Crippen LogP contribution in [0.2, 0.25) is 0 Å². The van der Waals surface area contributed by atoms with E-state index in [2.05, 4.69) is 20.0 Å². The molecule has 0 radical (unpaired) electrons. The van der Waals surface area contributed by atoms with Crippen molar-refractivity contribution < 1.29 is 23.9 Å². The van der Waals surface area contributed by atoms with Gasteiger partial charge in [-0.15, -0.1) is 22.7 Å². The number of thiophene rings is 1. The van der Waals surface area contributed by atoms with Crippen molar-refractivity contribution in [1.29, 1.82) is 0 Å². The molecule has 3 aromatic heterocycles. The van der Waals surface area contributed by atoms with Crippen molar-refractivity contribution in [3.05, 3.63) is 45.2 Å². The summed E-state index contributed by atoms with van der Waals surface area (Å²) in [5.74, 6) is -0.976. The van der Waals surface area contributed by atoms with Crippen LogP contribution in [0.1, 0.15) is 50.7 Å². The third-order valence-electron chi connectivity index (χ3n) is 4.41. The van der Waals surface area contributed by atoms with Gasteiger partial charge in [-0.1, -0.05) is 0 Å². The standard InChI is InChI=1S/C21H21N3O5S2/c1-12-3-7-18(31-12)17(26)6-4-14(25)5-8-19(27)24-21-23-16(11-30-21)13-9-15(22-10-13)20(28)29-2/h3,7,9-11,22H,4-6,8H2,1-2H3,(H,23,24,27). The fourth-order valence-corrected chi connectivity index (χ4v) is 4.32. The Kier molecular flexibility index (Phi) is 7.48. The lowest BCUT2D eigenvalue weighted by Crippen LogP contribution is -2.13. The molecule has 0 atom stereocenters. The molecule has 3 aromatic rings. The van der Waals surface area contributed by atoms with Gasteiger partial charge < -0.3 is 15.0 Å². The zero-order chi connectivity index (χ0) is 22.4. The van der Waals surface area contributed by atoms with Crippen LogP contribution in [-0.4, -0.2) is 40.5 Å². The first-order chi connectivity index (χ1) is 14.9. The molecule has 0 saturated heterocycles. The second-order valence-corrected chi connectivity index (χ2v) is 8.90. The van der Waals surface area contributed by atoms with E-state index in [0.717, 1.165) is 4.88 Å². The van der Waals surface area contributed by atoms with Crippen molar-refractivity contribution in [3.8, 4) is 11.3 Å². The molecule has 162 valence electrons. The van der Waals surface area contributed by atoms with E-state index in [9.17, 15) is 19.2 Å². The number of rotatable bonds is 10. The van der Waals surface area contributed by atoms with Gasteiger partial charge >= 0.3 is 5.97 Å². The Morgan fingerprint density at radius 3 is 2.61 bits per heavy atom. The van der Waals surface area contributed by atoms with Crippen molar-refractivity contribution in [2.75, 3.05) is 12.4 Å². The van der Waals surface area contributed by atoms with Crippen molar-refractivity contribution in [1.82, 2.24) is 9.97 Å². The zero-order valence-electron chi connectivity index (χ0n) is 17.0. The number of ether oxygens (including phenoxy) is 1. The second-order valence-electron chi connectivity index (χ2n) is 6.75. The number of methoxy groups -OCH3 is 1. The Labute approximate surface area is 186 Å². The minimum absolute atomic E-state index is 0.0245. The highest BCUT2D eigenvalue weighted by molar-refractivity contribution is 7.14. The van der Waals surface area contributed by atoms with Gasteiger partial charge in [0.1, 0.15) is 11.5 Å². The Morgan fingerprint density at radius 1 is 1.13 bits per heavy atom. The van der Waals surface area contributed by atoms with E-state index in [-0.39, 0.29) is 43.2 Å². The predicted molar refractivity (Wildman–Crippen MR) is 119 cm³/mol. The van der Waals surface area contributed by atoms with Crippen LogP contribution in [0.5, 0.6) is 0 Å². The maximum atomic E-state index is 12.1. The lowest BCUT2D eigenvalue weighted by atomic mass is 10.1. The maximum Gasteiger partial charge on any atom is 0.354 e. The number of hydrogen-bond acceptors (Lipinski definition) is 8. The first-order valence-corrected chi connectivity index (χ1v) is 11.2. The van der Waals surface area contributed by atoms with Crippen LogP contribution in [0.4, 0.5) is 5.13 Å². The number of carbonyl (C=O) groups excluding carboxylic acids is 4. The molecule has 0 bridgehead atoms. The summed E-state index contributed by atoms with van der Waals surface area (Å²) in [7, 11) is 1.30. The maximum absolute atomic E-state index is 12.1. The van der Waals surface area contributed by atoms with E-state index < -0.39 is 5.97 Å². The van der Waals surface area contributed by atoms with E-state index >= 15 is 0 Å². The second kappa shape index (κ2) is 10.3. The summed E-state index contributed by atoms with van der Waals surface area (Å²) >= 11 is 2.66. The molecule has 3 rings (SSSR count). The molecule has 0 aliphatic rings. The number of amides is 1. The number of esters is 1. The molecule has 0 aliphatic heterocycles. The van der Waals surface area contributed by atoms with Gasteiger partial charge in [0.15, 0.2) is 10.9 Å². The number of Topliss-reactive ketones (excluding diaryl/α,β-unsaturated/α-hetero) is 2. The molecule has 8 nitrogen and oxygen atoms in total. The normalized spacial score (nSPS) is 10.6. The molecule has 0 fully saturated rings. The van der Waals surface area contributed by atoms with Gasteiger partial charge in [0.25, 0.3) is 0 Å². The molecule has 31 heavy (non-hydrogen) atoms. The van der Waals surface area contributed by atoms with Gasteiger partial charge in [-0.25, -0.2) is 9.78 Å². The first-order valence-electron chi connectivity index (χ1n) is 9.49. The van der Waals surface area contributed by atoms with E-state index in [0.29, 0.717) is 27.0 Å². The Bertz CT molecular complexity index is 1110. The number of aryl methyl sites for hydroxylation is 1. The Morgan fingerprint density at radius 2 is 1.90 bits per heavy atom. The van der Waals surface area contributed by atoms with Crippen LogP contribution in [0.15, 0.2) is 29.8 Å². The number of thiazole rings is 1. The van der Waals surface area contributed by atoms with Crippen LogP contribution >= 0.6 is 22.7 Å². The van der Waals surface area contributed by atoms with Crippen LogP contribution in [0, 0.1) is 6.92 Å². The molecule has 0 aliphatic carbocycles. The molecule has 10 heteroatoms. The van der Waals surface area contributed by atoms with Crippen molar-refractivity contribution in [2.45, 2.75) is 32.6 Å². The number of nitrogens with one attached hydrogen (secondary N) is 2.